The number of likely N-dealkylation sites (N-methyl/N-ethyl adjacent to an activating group) is 1. The molecule has 5 N–H and O–H groups in total. The molecule has 2 aliphatic heterocycles. The summed E-state index contributed by atoms with van der Waals surface area (Å²) in [6, 6.07) is 21.7. The number of nitrogens with one attached hydrogen (secondary N) is 2. The van der Waals surface area contributed by atoms with Crippen molar-refractivity contribution < 1.29 is 33.8 Å². The molecule has 4 aromatic rings. The molecule has 0 aliphatic carbocycles. The average molecular weight is 894 g/mol. The van der Waals surface area contributed by atoms with Crippen LogP contribution in [0.2, 0.25) is 0 Å². The maximum Gasteiger partial charge on any atom is 0.246 e. The average Bonchev–Trinajstić information content (AvgIpc) is 3.77. The van der Waals surface area contributed by atoms with Gasteiger partial charge < -0.3 is 45.8 Å². The number of rotatable bonds is 18. The zero-order valence-corrected chi connectivity index (χ0v) is 38.5. The molecule has 1 fully saturated rings. The minimum Gasteiger partial charge on any atom is -0.508 e. The molecule has 14 nitrogen and oxygen atoms in total. The van der Waals surface area contributed by atoms with Gasteiger partial charge in [-0.1, -0.05) is 48.5 Å². The Morgan fingerprint density at radius 3 is 2.31 bits per heavy atom. The number of aromatic hydroxyl groups is 1. The normalized spacial score (nSPS) is 17.1. The van der Waals surface area contributed by atoms with Gasteiger partial charge in [0.05, 0.1) is 24.7 Å². The van der Waals surface area contributed by atoms with E-state index >= 15 is 0 Å². The van der Waals surface area contributed by atoms with Crippen molar-refractivity contribution >= 4 is 46.6 Å². The van der Waals surface area contributed by atoms with Crippen molar-refractivity contribution in [3.05, 3.63) is 117 Å². The number of likely N-dealkylation sites (tertiary alicyclic amines) is 1. The Labute approximate surface area is 380 Å². The van der Waals surface area contributed by atoms with E-state index in [0.29, 0.717) is 6.61 Å². The number of fused-ring (bicyclic) bond motifs is 1. The Morgan fingerprint density at radius 2 is 1.66 bits per heavy atom. The lowest BCUT2D eigenvalue weighted by Gasteiger charge is -2.48. The highest BCUT2D eigenvalue weighted by atomic mass is 32.1. The molecule has 0 bridgehead atoms. The number of carbonyl (C=O) groups is 5. The molecular weight excluding hydrogens is 831 g/mol. The van der Waals surface area contributed by atoms with Gasteiger partial charge in [-0.2, -0.15) is 0 Å². The molecule has 342 valence electrons. The Balaban J connectivity index is 1.07. The van der Waals surface area contributed by atoms with E-state index in [1.165, 1.54) is 21.7 Å². The van der Waals surface area contributed by atoms with Gasteiger partial charge in [0, 0.05) is 70.3 Å². The van der Waals surface area contributed by atoms with Crippen LogP contribution < -0.4 is 21.3 Å². The predicted octanol–water partition coefficient (Wildman–Crippen LogP) is 4.12. The zero-order chi connectivity index (χ0) is 46.0. The lowest BCUT2D eigenvalue weighted by Crippen LogP contribution is -2.60. The molecular formula is C49H63N7O7S. The third kappa shape index (κ3) is 11.7. The van der Waals surface area contributed by atoms with E-state index in [1.807, 2.05) is 73.3 Å². The summed E-state index contributed by atoms with van der Waals surface area (Å²) in [4.78, 5) is 77.7. The van der Waals surface area contributed by atoms with Crippen LogP contribution in [0.4, 0.5) is 5.69 Å². The molecule has 3 atom stereocenters. The molecule has 0 radical (unpaired) electrons. The molecule has 0 saturated carbocycles. The van der Waals surface area contributed by atoms with Crippen LogP contribution in [0, 0.1) is 13.8 Å². The number of carbonyl (C=O) groups excluding carboxylic acids is 5. The first-order chi connectivity index (χ1) is 30.7. The van der Waals surface area contributed by atoms with E-state index in [4.69, 9.17) is 10.5 Å². The Bertz CT molecular complexity index is 2220. The summed E-state index contributed by atoms with van der Waals surface area (Å²) in [7, 11) is 3.17. The highest BCUT2D eigenvalue weighted by Gasteiger charge is 2.43. The number of para-hydroxylation sites is 1. The van der Waals surface area contributed by atoms with Crippen LogP contribution in [0.15, 0.2) is 84.2 Å². The van der Waals surface area contributed by atoms with Crippen molar-refractivity contribution in [3.8, 4) is 5.75 Å². The molecule has 6 rings (SSSR count). The van der Waals surface area contributed by atoms with Crippen LogP contribution in [0.1, 0.15) is 58.9 Å². The third-order valence-electron chi connectivity index (χ3n) is 12.7. The Hall–Kier alpha value is -5.61. The largest absolute Gasteiger partial charge is 0.508 e. The van der Waals surface area contributed by atoms with Crippen molar-refractivity contribution in [1.82, 2.24) is 25.3 Å². The lowest BCUT2D eigenvalue weighted by molar-refractivity contribution is -0.142. The minimum absolute atomic E-state index is 0.0333. The van der Waals surface area contributed by atoms with Gasteiger partial charge >= 0.3 is 0 Å². The fourth-order valence-corrected chi connectivity index (χ4v) is 9.71. The molecule has 5 amide bonds. The Kier molecular flexibility index (Phi) is 16.3. The number of thiophene rings is 1. The highest BCUT2D eigenvalue weighted by Crippen LogP contribution is 2.35. The first kappa shape index (κ1) is 47.9. The van der Waals surface area contributed by atoms with Crippen molar-refractivity contribution in [1.29, 1.82) is 0 Å². The van der Waals surface area contributed by atoms with Crippen molar-refractivity contribution in [2.75, 3.05) is 58.4 Å². The van der Waals surface area contributed by atoms with Gasteiger partial charge in [0.25, 0.3) is 0 Å². The number of methoxy groups -OCH3 is 1. The van der Waals surface area contributed by atoms with Crippen LogP contribution in [0.25, 0.3) is 0 Å². The van der Waals surface area contributed by atoms with Crippen molar-refractivity contribution in [3.63, 3.8) is 0 Å². The van der Waals surface area contributed by atoms with Crippen molar-refractivity contribution in [2.45, 2.75) is 89.5 Å². The maximum atomic E-state index is 14.3. The second-order valence-corrected chi connectivity index (χ2v) is 18.2. The van der Waals surface area contributed by atoms with Gasteiger partial charge in [-0.15, -0.1) is 11.3 Å². The van der Waals surface area contributed by atoms with Gasteiger partial charge in [0.1, 0.15) is 17.8 Å². The van der Waals surface area contributed by atoms with Crippen LogP contribution in [-0.4, -0.2) is 126 Å². The summed E-state index contributed by atoms with van der Waals surface area (Å²) < 4.78 is 5.80. The lowest BCUT2D eigenvalue weighted by atomic mass is 9.85. The van der Waals surface area contributed by atoms with Gasteiger partial charge in [0.2, 0.25) is 29.5 Å². The summed E-state index contributed by atoms with van der Waals surface area (Å²) in [5.74, 6) is -1.87. The summed E-state index contributed by atoms with van der Waals surface area (Å²) in [5, 5.41) is 17.8. The number of phenols is 1. The monoisotopic (exact) mass is 893 g/mol. The molecule has 1 aromatic heterocycles. The van der Waals surface area contributed by atoms with E-state index in [0.717, 1.165) is 72.4 Å². The Morgan fingerprint density at radius 1 is 0.984 bits per heavy atom. The minimum atomic E-state index is -1.01. The zero-order valence-electron chi connectivity index (χ0n) is 37.7. The number of benzene rings is 3. The van der Waals surface area contributed by atoms with E-state index < -0.39 is 47.3 Å². The third-order valence-corrected chi connectivity index (χ3v) is 13.7. The van der Waals surface area contributed by atoms with Gasteiger partial charge in [-0.3, -0.25) is 24.0 Å². The van der Waals surface area contributed by atoms with Crippen LogP contribution in [0.5, 0.6) is 5.75 Å². The number of ether oxygens (including phenoxy) is 1. The molecule has 64 heavy (non-hydrogen) atoms. The number of nitrogens with zero attached hydrogens (tertiary/aromatic N) is 4. The SMILES string of the molecule is COCC1(N(C(=O)CCNC(=O)CN2Cc3ccccc3C[C@H](NC(=O)[C@@H](C)N(C)C(=O)[C@@H](N)Cc3c(C)cc(O)cc3C)C2=O)c2ccccc2)CCN(CCc2cccs2)CC1. The molecule has 2 aliphatic rings. The fraction of sp³-hybridized carbons (Fsp3) is 0.449. The predicted molar refractivity (Wildman–Crippen MR) is 249 cm³/mol. The smallest absolute Gasteiger partial charge is 0.246 e. The second-order valence-electron chi connectivity index (χ2n) is 17.2. The molecule has 3 aromatic carbocycles. The first-order valence-corrected chi connectivity index (χ1v) is 22.9. The van der Waals surface area contributed by atoms with Gasteiger partial charge in [-0.25, -0.2) is 0 Å². The second kappa shape index (κ2) is 21.8. The van der Waals surface area contributed by atoms with Crippen LogP contribution in [-0.2, 0) is 54.5 Å². The number of amides is 5. The standard InChI is InChI=1S/C49H63N7O7S/c1-33-26-39(57)27-34(2)41(33)29-42(50)47(61)53(4)35(3)46(60)52-43-28-36-12-9-10-13-37(36)30-55(48(43)62)31-44(58)51-21-17-45(59)56(38-14-7-6-8-15-38)49(32-63-5)19-23-54(24-20-49)22-18-40-16-11-25-64-40/h6-16,25-27,35,42-43,57H,17-24,28-32,50H2,1-5H3,(H,51,58)(H,52,60)/t35-,42+,43+/m1/s1. The maximum absolute atomic E-state index is 14.3. The van der Waals surface area contributed by atoms with Gasteiger partial charge in [-0.05, 0) is 110 Å². The number of piperidine rings is 1. The van der Waals surface area contributed by atoms with E-state index in [-0.39, 0.29) is 50.6 Å². The van der Waals surface area contributed by atoms with E-state index in [2.05, 4.69) is 33.0 Å². The number of hydrogen-bond acceptors (Lipinski definition) is 10. The van der Waals surface area contributed by atoms with Gasteiger partial charge in [0.15, 0.2) is 0 Å². The molecule has 0 spiro atoms. The fourth-order valence-electron chi connectivity index (χ4n) is 9.02. The first-order valence-electron chi connectivity index (χ1n) is 22.1. The molecule has 0 unspecified atom stereocenters. The number of hydrogen-bond donors (Lipinski definition) is 4. The number of anilines is 1. The molecule has 1 saturated heterocycles. The van der Waals surface area contributed by atoms with E-state index in [9.17, 15) is 29.1 Å². The molecule has 15 heteroatoms. The topological polar surface area (TPSA) is 178 Å². The van der Waals surface area contributed by atoms with Crippen LogP contribution in [0.3, 0.4) is 0 Å². The molecule has 3 heterocycles. The quantitative estimate of drug-likeness (QED) is 0.115. The highest BCUT2D eigenvalue weighted by molar-refractivity contribution is 7.09. The summed E-state index contributed by atoms with van der Waals surface area (Å²) in [6.07, 6.45) is 2.89. The number of aryl methyl sites for hydroxylation is 2. The number of phenolic OH excluding ortho intramolecular Hbond substituents is 1. The summed E-state index contributed by atoms with van der Waals surface area (Å²) >= 11 is 1.77. The van der Waals surface area contributed by atoms with E-state index in [1.54, 1.807) is 37.5 Å². The summed E-state index contributed by atoms with van der Waals surface area (Å²) in [5.41, 5.74) is 10.7. The summed E-state index contributed by atoms with van der Waals surface area (Å²) in [6.45, 7) is 8.13. The van der Waals surface area contributed by atoms with Crippen molar-refractivity contribution in [2.24, 2.45) is 5.73 Å². The van der Waals surface area contributed by atoms with Crippen LogP contribution >= 0.6 is 11.3 Å². The number of nitrogens with two attached hydrogens (primary N) is 1.